The third-order valence-corrected chi connectivity index (χ3v) is 6.17. The highest BCUT2D eigenvalue weighted by molar-refractivity contribution is 7.15. The molecule has 2 aromatic rings. The zero-order valence-electron chi connectivity index (χ0n) is 16.6. The first-order valence-corrected chi connectivity index (χ1v) is 11.2. The van der Waals surface area contributed by atoms with Gasteiger partial charge in [0.15, 0.2) is 5.13 Å². The fourth-order valence-electron chi connectivity index (χ4n) is 3.54. The van der Waals surface area contributed by atoms with Crippen molar-refractivity contribution in [3.8, 4) is 0 Å². The van der Waals surface area contributed by atoms with E-state index in [1.54, 1.807) is 23.5 Å². The second kappa shape index (κ2) is 10.9. The summed E-state index contributed by atoms with van der Waals surface area (Å²) < 4.78 is 0. The summed E-state index contributed by atoms with van der Waals surface area (Å²) in [6.45, 7) is 0.0331. The number of anilines is 2. The Bertz CT molecular complexity index is 808. The van der Waals surface area contributed by atoms with Gasteiger partial charge in [0, 0.05) is 22.7 Å². The molecule has 1 heterocycles. The van der Waals surface area contributed by atoms with Gasteiger partial charge in [-0.25, -0.2) is 4.98 Å². The number of hydrogen-bond donors (Lipinski definition) is 2. The average Bonchev–Trinajstić information content (AvgIpc) is 3.07. The summed E-state index contributed by atoms with van der Waals surface area (Å²) in [5, 5.41) is 17.3. The van der Waals surface area contributed by atoms with Crippen molar-refractivity contribution >= 4 is 33.8 Å². The first-order valence-electron chi connectivity index (χ1n) is 10.4. The average molecular weight is 417 g/mol. The van der Waals surface area contributed by atoms with Gasteiger partial charge in [-0.15, -0.1) is 11.3 Å². The first kappa shape index (κ1) is 21.2. The van der Waals surface area contributed by atoms with Gasteiger partial charge in [0.05, 0.1) is 17.2 Å². The van der Waals surface area contributed by atoms with Crippen LogP contribution in [0.3, 0.4) is 0 Å². The van der Waals surface area contributed by atoms with Gasteiger partial charge < -0.3 is 10.6 Å². The van der Waals surface area contributed by atoms with E-state index in [9.17, 15) is 14.9 Å². The Morgan fingerprint density at radius 1 is 1.07 bits per heavy atom. The fraction of sp³-hybridized carbons (Fsp3) is 0.524. The predicted molar refractivity (Wildman–Crippen MR) is 117 cm³/mol. The van der Waals surface area contributed by atoms with Crippen molar-refractivity contribution in [3.05, 3.63) is 45.0 Å². The molecule has 8 heteroatoms. The molecule has 0 spiro atoms. The molecule has 0 unspecified atom stereocenters. The van der Waals surface area contributed by atoms with Crippen molar-refractivity contribution in [2.24, 2.45) is 0 Å². The standard InChI is InChI=1S/C21H28N4O3S/c26-20(15-22-16-10-9-11-17(14-16)25(27)28)24-21-23-18-12-7-5-3-1-2-4-6-8-13-19(18)29-21/h9-11,14,22H,1-8,12-13,15H2,(H,23,24,26). The maximum Gasteiger partial charge on any atom is 0.271 e. The number of aryl methyl sites for hydroxylation is 2. The van der Waals surface area contributed by atoms with Crippen LogP contribution in [0.5, 0.6) is 0 Å². The van der Waals surface area contributed by atoms with Crippen molar-refractivity contribution in [2.75, 3.05) is 17.2 Å². The van der Waals surface area contributed by atoms with Gasteiger partial charge in [0.2, 0.25) is 5.91 Å². The highest BCUT2D eigenvalue weighted by atomic mass is 32.1. The summed E-state index contributed by atoms with van der Waals surface area (Å²) >= 11 is 1.58. The largest absolute Gasteiger partial charge is 0.376 e. The lowest BCUT2D eigenvalue weighted by Gasteiger charge is -2.06. The smallest absolute Gasteiger partial charge is 0.271 e. The maximum atomic E-state index is 12.3. The lowest BCUT2D eigenvalue weighted by atomic mass is 10.0. The van der Waals surface area contributed by atoms with Gasteiger partial charge in [0.1, 0.15) is 0 Å². The van der Waals surface area contributed by atoms with Crippen molar-refractivity contribution < 1.29 is 9.72 Å². The van der Waals surface area contributed by atoms with E-state index >= 15 is 0 Å². The molecule has 1 aromatic carbocycles. The van der Waals surface area contributed by atoms with Crippen LogP contribution in [0.2, 0.25) is 0 Å². The van der Waals surface area contributed by atoms with E-state index < -0.39 is 4.92 Å². The fourth-order valence-corrected chi connectivity index (χ4v) is 4.61. The zero-order valence-corrected chi connectivity index (χ0v) is 17.4. The number of hydrogen-bond acceptors (Lipinski definition) is 6. The van der Waals surface area contributed by atoms with Gasteiger partial charge in [0.25, 0.3) is 5.69 Å². The molecule has 2 N–H and O–H groups in total. The molecule has 3 rings (SSSR count). The van der Waals surface area contributed by atoms with Crippen molar-refractivity contribution in [3.63, 3.8) is 0 Å². The third kappa shape index (κ3) is 6.81. The molecule has 1 aliphatic rings. The van der Waals surface area contributed by atoms with Gasteiger partial charge in [-0.3, -0.25) is 14.9 Å². The zero-order chi connectivity index (χ0) is 20.5. The number of nitro groups is 1. The van der Waals surface area contributed by atoms with Gasteiger partial charge in [-0.2, -0.15) is 0 Å². The molecule has 0 saturated heterocycles. The molecule has 7 nitrogen and oxygen atoms in total. The van der Waals surface area contributed by atoms with Crippen molar-refractivity contribution in [1.82, 2.24) is 4.98 Å². The van der Waals surface area contributed by atoms with Crippen LogP contribution in [0.25, 0.3) is 0 Å². The van der Waals surface area contributed by atoms with Gasteiger partial charge in [-0.1, -0.05) is 44.6 Å². The Morgan fingerprint density at radius 2 is 1.76 bits per heavy atom. The number of carbonyl (C=O) groups is 1. The van der Waals surface area contributed by atoms with Crippen molar-refractivity contribution in [1.29, 1.82) is 0 Å². The lowest BCUT2D eigenvalue weighted by molar-refractivity contribution is -0.384. The predicted octanol–water partition coefficient (Wildman–Crippen LogP) is 5.32. The van der Waals surface area contributed by atoms with E-state index in [2.05, 4.69) is 15.6 Å². The molecular weight excluding hydrogens is 388 g/mol. The molecule has 0 aliphatic heterocycles. The highest BCUT2D eigenvalue weighted by Gasteiger charge is 2.14. The van der Waals surface area contributed by atoms with E-state index in [-0.39, 0.29) is 18.1 Å². The van der Waals surface area contributed by atoms with E-state index in [1.165, 1.54) is 62.0 Å². The summed E-state index contributed by atoms with van der Waals surface area (Å²) in [6, 6.07) is 6.13. The molecule has 156 valence electrons. The number of amides is 1. The molecule has 0 radical (unpaired) electrons. The minimum atomic E-state index is -0.453. The Kier molecular flexibility index (Phi) is 7.98. The number of nitro benzene ring substituents is 1. The van der Waals surface area contributed by atoms with Crippen LogP contribution in [0.15, 0.2) is 24.3 Å². The van der Waals surface area contributed by atoms with Crippen LogP contribution in [0.4, 0.5) is 16.5 Å². The molecule has 0 atom stereocenters. The molecule has 1 aliphatic carbocycles. The molecule has 1 amide bonds. The number of thiazole rings is 1. The summed E-state index contributed by atoms with van der Waals surface area (Å²) in [4.78, 5) is 28.7. The van der Waals surface area contributed by atoms with E-state index in [0.29, 0.717) is 10.8 Å². The summed E-state index contributed by atoms with van der Waals surface area (Å²) in [6.07, 6.45) is 12.1. The molecule has 0 saturated carbocycles. The number of aromatic nitrogens is 1. The minimum absolute atomic E-state index is 0.00595. The van der Waals surface area contributed by atoms with E-state index in [1.807, 2.05) is 0 Å². The van der Waals surface area contributed by atoms with Crippen LogP contribution >= 0.6 is 11.3 Å². The minimum Gasteiger partial charge on any atom is -0.376 e. The number of nitrogens with zero attached hydrogens (tertiary/aromatic N) is 2. The topological polar surface area (TPSA) is 97.2 Å². The summed E-state index contributed by atoms with van der Waals surface area (Å²) in [5.41, 5.74) is 1.67. The Balaban J connectivity index is 1.56. The van der Waals surface area contributed by atoms with Crippen LogP contribution in [0.1, 0.15) is 61.9 Å². The molecule has 0 bridgehead atoms. The maximum absolute atomic E-state index is 12.3. The molecule has 1 aromatic heterocycles. The monoisotopic (exact) mass is 416 g/mol. The third-order valence-electron chi connectivity index (χ3n) is 5.10. The quantitative estimate of drug-likeness (QED) is 0.508. The number of nitrogens with one attached hydrogen (secondary N) is 2. The van der Waals surface area contributed by atoms with Gasteiger partial charge >= 0.3 is 0 Å². The summed E-state index contributed by atoms with van der Waals surface area (Å²) in [7, 11) is 0. The molecule has 29 heavy (non-hydrogen) atoms. The van der Waals surface area contributed by atoms with Gasteiger partial charge in [-0.05, 0) is 31.7 Å². The number of rotatable bonds is 5. The normalized spacial score (nSPS) is 15.4. The Labute approximate surface area is 175 Å². The Morgan fingerprint density at radius 3 is 2.48 bits per heavy atom. The lowest BCUT2D eigenvalue weighted by Crippen LogP contribution is -2.21. The highest BCUT2D eigenvalue weighted by Crippen LogP contribution is 2.27. The number of benzene rings is 1. The second-order valence-corrected chi connectivity index (χ2v) is 8.51. The Hall–Kier alpha value is -2.48. The SMILES string of the molecule is O=C(CNc1cccc([N+](=O)[O-])c1)Nc1nc2c(s1)CCCCCCCCCC2. The van der Waals surface area contributed by atoms with E-state index in [4.69, 9.17) is 0 Å². The van der Waals surface area contributed by atoms with Crippen LogP contribution in [-0.2, 0) is 17.6 Å². The number of fused-ring (bicyclic) bond motifs is 1. The summed E-state index contributed by atoms with van der Waals surface area (Å²) in [5.74, 6) is -0.207. The van der Waals surface area contributed by atoms with Crippen LogP contribution in [-0.4, -0.2) is 22.4 Å². The van der Waals surface area contributed by atoms with Crippen molar-refractivity contribution in [2.45, 2.75) is 64.2 Å². The molecular formula is C21H28N4O3S. The second-order valence-electron chi connectivity index (χ2n) is 7.43. The number of non-ortho nitro benzene ring substituents is 1. The van der Waals surface area contributed by atoms with Crippen LogP contribution < -0.4 is 10.6 Å². The number of carbonyl (C=O) groups excluding carboxylic acids is 1. The van der Waals surface area contributed by atoms with Crippen LogP contribution in [0, 0.1) is 10.1 Å². The van der Waals surface area contributed by atoms with E-state index in [0.717, 1.165) is 25.0 Å². The molecule has 0 fully saturated rings. The first-order chi connectivity index (χ1) is 14.1.